The van der Waals surface area contributed by atoms with Crippen LogP contribution in [0.15, 0.2) is 36.0 Å². The fraction of sp³-hybridized carbons (Fsp3) is 0. The van der Waals surface area contributed by atoms with Crippen LogP contribution >= 0.6 is 11.3 Å². The molecule has 1 N–H and O–H groups in total. The third-order valence-electron chi connectivity index (χ3n) is 2.05. The van der Waals surface area contributed by atoms with Crippen LogP contribution in [0.4, 0.5) is 0 Å². The zero-order chi connectivity index (χ0) is 9.38. The molecule has 68 valence electrons. The number of hydrogen-bond donors (Lipinski definition) is 1. The maximum Gasteiger partial charge on any atom is 0.156 e. The second-order valence-electron chi connectivity index (χ2n) is 2.95. The average molecular weight is 201 g/mol. The van der Waals surface area contributed by atoms with E-state index in [4.69, 9.17) is 0 Å². The zero-order valence-corrected chi connectivity index (χ0v) is 8.08. The lowest BCUT2D eigenvalue weighted by Gasteiger charge is -1.87. The van der Waals surface area contributed by atoms with E-state index in [9.17, 15) is 0 Å². The van der Waals surface area contributed by atoms with E-state index < -0.39 is 0 Å². The van der Waals surface area contributed by atoms with Crippen molar-refractivity contribution in [2.45, 2.75) is 0 Å². The summed E-state index contributed by atoms with van der Waals surface area (Å²) in [6.45, 7) is 0. The Morgan fingerprint density at radius 3 is 2.93 bits per heavy atom. The maximum absolute atomic E-state index is 4.22. The highest BCUT2D eigenvalue weighted by molar-refractivity contribution is 7.13. The van der Waals surface area contributed by atoms with Gasteiger partial charge in [-0.2, -0.15) is 0 Å². The largest absolute Gasteiger partial charge is 0.337 e. The Labute approximate surface area is 84.5 Å². The molecule has 0 radical (unpaired) electrons. The van der Waals surface area contributed by atoms with Crippen LogP contribution < -0.4 is 0 Å². The summed E-state index contributed by atoms with van der Waals surface area (Å²) in [7, 11) is 0. The molecule has 4 heteroatoms. The van der Waals surface area contributed by atoms with Gasteiger partial charge in [-0.25, -0.2) is 4.98 Å². The minimum absolute atomic E-state index is 0.843. The van der Waals surface area contributed by atoms with Gasteiger partial charge in [-0.15, -0.1) is 11.3 Å². The molecule has 0 aliphatic carbocycles. The smallest absolute Gasteiger partial charge is 0.156 e. The van der Waals surface area contributed by atoms with E-state index in [2.05, 4.69) is 26.4 Å². The van der Waals surface area contributed by atoms with Gasteiger partial charge in [0.1, 0.15) is 5.52 Å². The minimum Gasteiger partial charge on any atom is -0.337 e. The van der Waals surface area contributed by atoms with Crippen molar-refractivity contribution in [3.63, 3.8) is 0 Å². The quantitative estimate of drug-likeness (QED) is 0.657. The molecule has 0 aliphatic rings. The van der Waals surface area contributed by atoms with Gasteiger partial charge in [-0.1, -0.05) is 6.07 Å². The number of nitrogens with one attached hydrogen (secondary N) is 1. The predicted octanol–water partition coefficient (Wildman–Crippen LogP) is 2.69. The zero-order valence-electron chi connectivity index (χ0n) is 7.27. The summed E-state index contributed by atoms with van der Waals surface area (Å²) in [6.07, 6.45) is 3.39. The summed E-state index contributed by atoms with van der Waals surface area (Å²) >= 11 is 1.70. The number of thiophene rings is 1. The topological polar surface area (TPSA) is 41.6 Å². The average Bonchev–Trinajstić information content (AvgIpc) is 2.86. The molecule has 3 nitrogen and oxygen atoms in total. The molecule has 0 fully saturated rings. The van der Waals surface area contributed by atoms with Gasteiger partial charge in [0.25, 0.3) is 0 Å². The van der Waals surface area contributed by atoms with Crippen molar-refractivity contribution >= 4 is 22.5 Å². The number of H-pyrrole nitrogens is 1. The summed E-state index contributed by atoms with van der Waals surface area (Å²) in [5.74, 6) is 0. The van der Waals surface area contributed by atoms with E-state index in [0.29, 0.717) is 0 Å². The molecule has 0 aliphatic heterocycles. The molecule has 3 heterocycles. The fourth-order valence-electron chi connectivity index (χ4n) is 1.42. The Kier molecular flexibility index (Phi) is 1.61. The Bertz CT molecular complexity index is 521. The van der Waals surface area contributed by atoms with Crippen LogP contribution in [0, 0.1) is 0 Å². The molecular formula is C10H7N3S. The highest BCUT2D eigenvalue weighted by Gasteiger charge is 2.04. The summed E-state index contributed by atoms with van der Waals surface area (Å²) < 4.78 is 0. The number of nitrogens with zero attached hydrogens (tertiary/aromatic N) is 2. The van der Waals surface area contributed by atoms with Crippen LogP contribution in [0.1, 0.15) is 0 Å². The second-order valence-corrected chi connectivity index (χ2v) is 3.90. The molecule has 0 spiro atoms. The van der Waals surface area contributed by atoms with Crippen LogP contribution in [0.5, 0.6) is 0 Å². The van der Waals surface area contributed by atoms with Crippen LogP contribution in [0.2, 0.25) is 0 Å². The molecule has 0 unspecified atom stereocenters. The summed E-state index contributed by atoms with van der Waals surface area (Å²) in [4.78, 5) is 12.9. The molecule has 0 atom stereocenters. The third kappa shape index (κ3) is 1.12. The van der Waals surface area contributed by atoms with Crippen molar-refractivity contribution in [2.24, 2.45) is 0 Å². The lowest BCUT2D eigenvalue weighted by atomic mass is 10.3. The van der Waals surface area contributed by atoms with Crippen LogP contribution in [0.3, 0.4) is 0 Å². The van der Waals surface area contributed by atoms with Crippen LogP contribution in [0.25, 0.3) is 21.7 Å². The number of aromatic nitrogens is 3. The summed E-state index contributed by atoms with van der Waals surface area (Å²) in [5.41, 5.74) is 2.84. The molecule has 0 bridgehead atoms. The van der Waals surface area contributed by atoms with Crippen molar-refractivity contribution in [2.75, 3.05) is 0 Å². The highest BCUT2D eigenvalue weighted by atomic mass is 32.1. The Morgan fingerprint density at radius 2 is 2.14 bits per heavy atom. The summed E-state index contributed by atoms with van der Waals surface area (Å²) in [5, 5.41) is 2.06. The molecule has 0 amide bonds. The standard InChI is InChI=1S/C10H7N3S/c1-2-9(14-5-1)7-6-8-10(13-7)12-4-3-11-8/h1-6H,(H,12,13). The van der Waals surface area contributed by atoms with Gasteiger partial charge in [0, 0.05) is 12.4 Å². The van der Waals surface area contributed by atoms with Crippen LogP contribution in [-0.4, -0.2) is 15.0 Å². The van der Waals surface area contributed by atoms with E-state index in [1.54, 1.807) is 23.7 Å². The van der Waals surface area contributed by atoms with Crippen molar-refractivity contribution in [3.8, 4) is 10.6 Å². The van der Waals surface area contributed by atoms with E-state index in [0.717, 1.165) is 16.9 Å². The number of aromatic amines is 1. The monoisotopic (exact) mass is 201 g/mol. The second kappa shape index (κ2) is 2.92. The molecule has 3 aromatic heterocycles. The van der Waals surface area contributed by atoms with E-state index in [1.807, 2.05) is 12.1 Å². The van der Waals surface area contributed by atoms with Gasteiger partial charge >= 0.3 is 0 Å². The third-order valence-corrected chi connectivity index (χ3v) is 2.95. The molecular weight excluding hydrogens is 194 g/mol. The van der Waals surface area contributed by atoms with Gasteiger partial charge in [-0.3, -0.25) is 4.98 Å². The Hall–Kier alpha value is -1.68. The molecule has 3 rings (SSSR count). The number of fused-ring (bicyclic) bond motifs is 1. The lowest BCUT2D eigenvalue weighted by molar-refractivity contribution is 1.26. The first kappa shape index (κ1) is 7.70. The predicted molar refractivity (Wildman–Crippen MR) is 57.2 cm³/mol. The number of rotatable bonds is 1. The normalized spacial score (nSPS) is 10.9. The maximum atomic E-state index is 4.22. The van der Waals surface area contributed by atoms with Crippen molar-refractivity contribution in [3.05, 3.63) is 36.0 Å². The van der Waals surface area contributed by atoms with Gasteiger partial charge in [0.15, 0.2) is 5.65 Å². The molecule has 14 heavy (non-hydrogen) atoms. The van der Waals surface area contributed by atoms with Crippen molar-refractivity contribution in [1.29, 1.82) is 0 Å². The fourth-order valence-corrected chi connectivity index (χ4v) is 2.11. The van der Waals surface area contributed by atoms with Gasteiger partial charge in [-0.05, 0) is 17.5 Å². The first-order chi connectivity index (χ1) is 6.93. The minimum atomic E-state index is 0.843. The molecule has 0 aromatic carbocycles. The van der Waals surface area contributed by atoms with Gasteiger partial charge in [0.05, 0.1) is 10.6 Å². The Morgan fingerprint density at radius 1 is 1.21 bits per heavy atom. The lowest BCUT2D eigenvalue weighted by Crippen LogP contribution is -1.76. The van der Waals surface area contributed by atoms with Gasteiger partial charge in [0.2, 0.25) is 0 Å². The SMILES string of the molecule is c1csc(-c2cc3nccnc3[nH]2)c1. The highest BCUT2D eigenvalue weighted by Crippen LogP contribution is 2.25. The van der Waals surface area contributed by atoms with E-state index in [-0.39, 0.29) is 0 Å². The van der Waals surface area contributed by atoms with Crippen LogP contribution in [-0.2, 0) is 0 Å². The van der Waals surface area contributed by atoms with E-state index in [1.165, 1.54) is 4.88 Å². The molecule has 3 aromatic rings. The Balaban J connectivity index is 2.24. The molecule has 0 saturated heterocycles. The van der Waals surface area contributed by atoms with Crippen molar-refractivity contribution in [1.82, 2.24) is 15.0 Å². The first-order valence-corrected chi connectivity index (χ1v) is 5.15. The number of hydrogen-bond acceptors (Lipinski definition) is 3. The molecule has 0 saturated carbocycles. The summed E-state index contributed by atoms with van der Waals surface area (Å²) in [6, 6.07) is 6.13. The van der Waals surface area contributed by atoms with Crippen molar-refractivity contribution < 1.29 is 0 Å². The van der Waals surface area contributed by atoms with E-state index >= 15 is 0 Å². The first-order valence-electron chi connectivity index (χ1n) is 4.27. The van der Waals surface area contributed by atoms with Gasteiger partial charge < -0.3 is 4.98 Å².